The van der Waals surface area contributed by atoms with Crippen molar-refractivity contribution in [2.75, 3.05) is 31.1 Å². The van der Waals surface area contributed by atoms with E-state index in [9.17, 15) is 9.18 Å². The highest BCUT2D eigenvalue weighted by Crippen LogP contribution is 2.47. The second-order valence-corrected chi connectivity index (χ2v) is 12.3. The first kappa shape index (κ1) is 26.1. The molecule has 3 fully saturated rings. The maximum atomic E-state index is 14.5. The van der Waals surface area contributed by atoms with Gasteiger partial charge in [0.05, 0.1) is 22.9 Å². The van der Waals surface area contributed by atoms with Crippen molar-refractivity contribution in [2.45, 2.75) is 38.1 Å². The van der Waals surface area contributed by atoms with Gasteiger partial charge in [0.1, 0.15) is 17.9 Å². The third kappa shape index (κ3) is 5.05. The molecule has 5 heterocycles. The van der Waals surface area contributed by atoms with Crippen LogP contribution in [0.5, 0.6) is 11.5 Å². The summed E-state index contributed by atoms with van der Waals surface area (Å²) in [7, 11) is 0. The Kier molecular flexibility index (Phi) is 6.25. The van der Waals surface area contributed by atoms with Gasteiger partial charge in [-0.15, -0.1) is 0 Å². The Morgan fingerprint density at radius 3 is 2.74 bits per heavy atom. The smallest absolute Gasteiger partial charge is 0.323 e. The number of H-pyrrole nitrogens is 2. The predicted molar refractivity (Wildman–Crippen MR) is 162 cm³/mol. The van der Waals surface area contributed by atoms with Crippen LogP contribution in [0.3, 0.4) is 0 Å². The highest BCUT2D eigenvalue weighted by atomic mass is 19.1. The second kappa shape index (κ2) is 10.3. The number of hydrogen-bond acceptors (Lipinski definition) is 7. The van der Waals surface area contributed by atoms with Crippen LogP contribution in [-0.4, -0.2) is 56.0 Å². The fraction of sp³-hybridized carbons (Fsp3) is 0.333. The van der Waals surface area contributed by atoms with Crippen molar-refractivity contribution in [2.24, 2.45) is 5.41 Å². The quantitative estimate of drug-likeness (QED) is 0.259. The van der Waals surface area contributed by atoms with Crippen molar-refractivity contribution in [3.63, 3.8) is 0 Å². The number of aromatic amines is 2. The van der Waals surface area contributed by atoms with Crippen molar-refractivity contribution >= 4 is 16.9 Å². The Bertz CT molecular complexity index is 1880. The van der Waals surface area contributed by atoms with Gasteiger partial charge in [-0.3, -0.25) is 9.88 Å². The minimum Gasteiger partial charge on any atom is -0.451 e. The van der Waals surface area contributed by atoms with Crippen molar-refractivity contribution in [1.82, 2.24) is 29.8 Å². The number of benzene rings is 2. The number of pyridine rings is 1. The summed E-state index contributed by atoms with van der Waals surface area (Å²) in [5.41, 5.74) is 5.45. The van der Waals surface area contributed by atoms with Crippen LogP contribution < -0.4 is 15.3 Å². The minimum absolute atomic E-state index is 0.171. The number of fused-ring (bicyclic) bond motifs is 1. The molecule has 5 aromatic rings. The third-order valence-corrected chi connectivity index (χ3v) is 9.15. The Morgan fingerprint density at radius 2 is 1.84 bits per heavy atom. The summed E-state index contributed by atoms with van der Waals surface area (Å²) in [6, 6.07) is 14.7. The lowest BCUT2D eigenvalue weighted by Gasteiger charge is -2.26. The minimum atomic E-state index is -0.314. The fourth-order valence-electron chi connectivity index (χ4n) is 6.92. The maximum Gasteiger partial charge on any atom is 0.323 e. The van der Waals surface area contributed by atoms with Gasteiger partial charge in [0.2, 0.25) is 0 Å². The SMILES string of the molecule is O=c1[nH]c2ccc(CN3CCC4(CCN(c5ncncc5Oc5ccc(F)cc5-c5cccnc5C5CC5)C4)C3)cc2[nH]1. The van der Waals surface area contributed by atoms with E-state index in [-0.39, 0.29) is 16.9 Å². The molecule has 3 aliphatic rings. The molecule has 1 unspecified atom stereocenters. The summed E-state index contributed by atoms with van der Waals surface area (Å²) >= 11 is 0. The molecule has 2 aromatic carbocycles. The standard InChI is InChI=1S/C33H32FN7O2/c34-23-6-8-28(25(15-23)24-2-1-11-36-30(24)22-4-5-22)43-29-16-35-20-37-31(29)41-13-10-33(19-41)9-12-40(18-33)17-21-3-7-26-27(14-21)39-32(42)38-26/h1-3,6-8,11,14-16,20,22H,4-5,9-10,12-13,17-19H2,(H2,38,39,42). The van der Waals surface area contributed by atoms with E-state index >= 15 is 0 Å². The third-order valence-electron chi connectivity index (χ3n) is 9.15. The lowest BCUT2D eigenvalue weighted by atomic mass is 9.86. The average Bonchev–Trinajstić information content (AvgIpc) is 3.51. The number of aromatic nitrogens is 5. The first-order chi connectivity index (χ1) is 21.0. The van der Waals surface area contributed by atoms with Crippen LogP contribution in [0.2, 0.25) is 0 Å². The Morgan fingerprint density at radius 1 is 0.953 bits per heavy atom. The Balaban J connectivity index is 1.01. The van der Waals surface area contributed by atoms with Crippen LogP contribution in [0, 0.1) is 11.2 Å². The lowest BCUT2D eigenvalue weighted by Crippen LogP contribution is -2.31. The van der Waals surface area contributed by atoms with Gasteiger partial charge in [0.25, 0.3) is 0 Å². The van der Waals surface area contributed by atoms with E-state index in [0.29, 0.717) is 23.0 Å². The summed E-state index contributed by atoms with van der Waals surface area (Å²) < 4.78 is 21.0. The molecule has 0 amide bonds. The summed E-state index contributed by atoms with van der Waals surface area (Å²) in [6.07, 6.45) is 9.45. The van der Waals surface area contributed by atoms with E-state index < -0.39 is 0 Å². The zero-order valence-corrected chi connectivity index (χ0v) is 23.7. The molecule has 2 aliphatic heterocycles. The molecule has 8 rings (SSSR count). The normalized spacial score (nSPS) is 20.4. The molecule has 10 heteroatoms. The summed E-state index contributed by atoms with van der Waals surface area (Å²) in [6.45, 7) is 4.63. The number of halogens is 1. The van der Waals surface area contributed by atoms with Crippen molar-refractivity contribution in [1.29, 1.82) is 0 Å². The van der Waals surface area contributed by atoms with Gasteiger partial charge < -0.3 is 19.6 Å². The van der Waals surface area contributed by atoms with Crippen LogP contribution >= 0.6 is 0 Å². The van der Waals surface area contributed by atoms with Gasteiger partial charge >= 0.3 is 5.69 Å². The second-order valence-electron chi connectivity index (χ2n) is 12.3. The fourth-order valence-corrected chi connectivity index (χ4v) is 6.92. The molecule has 0 bridgehead atoms. The topological polar surface area (TPSA) is 103 Å². The number of hydrogen-bond donors (Lipinski definition) is 2. The number of nitrogens with zero attached hydrogens (tertiary/aromatic N) is 5. The molecule has 1 spiro atoms. The van der Waals surface area contributed by atoms with E-state index in [0.717, 1.165) is 86.5 Å². The number of imidazole rings is 1. The van der Waals surface area contributed by atoms with E-state index in [1.165, 1.54) is 17.7 Å². The van der Waals surface area contributed by atoms with Gasteiger partial charge in [-0.05, 0) is 74.2 Å². The predicted octanol–water partition coefficient (Wildman–Crippen LogP) is 5.62. The molecule has 2 saturated heterocycles. The molecule has 9 nitrogen and oxygen atoms in total. The first-order valence-corrected chi connectivity index (χ1v) is 14.9. The number of anilines is 1. The highest BCUT2D eigenvalue weighted by molar-refractivity contribution is 5.75. The number of ether oxygens (including phenoxy) is 1. The van der Waals surface area contributed by atoms with Crippen LogP contribution in [0.15, 0.2) is 72.0 Å². The summed E-state index contributed by atoms with van der Waals surface area (Å²) in [5.74, 6) is 1.99. The lowest BCUT2D eigenvalue weighted by molar-refractivity contribution is 0.270. The van der Waals surface area contributed by atoms with Crippen molar-refractivity contribution < 1.29 is 9.13 Å². The maximum absolute atomic E-state index is 14.5. The van der Waals surface area contributed by atoms with E-state index in [1.807, 2.05) is 18.2 Å². The molecule has 2 N–H and O–H groups in total. The molecule has 1 saturated carbocycles. The van der Waals surface area contributed by atoms with Gasteiger partial charge in [0.15, 0.2) is 11.6 Å². The first-order valence-electron chi connectivity index (χ1n) is 14.9. The average molecular weight is 578 g/mol. The molecule has 1 atom stereocenters. The zero-order chi connectivity index (χ0) is 29.0. The molecular weight excluding hydrogens is 545 g/mol. The highest BCUT2D eigenvalue weighted by Gasteiger charge is 2.44. The summed E-state index contributed by atoms with van der Waals surface area (Å²) in [4.78, 5) is 35.7. The van der Waals surface area contributed by atoms with Crippen LogP contribution in [0.1, 0.15) is 42.9 Å². The molecular formula is C33H32FN7O2. The Hall–Kier alpha value is -4.57. The van der Waals surface area contributed by atoms with E-state index in [2.05, 4.69) is 46.9 Å². The van der Waals surface area contributed by atoms with Gasteiger partial charge in [0, 0.05) is 54.8 Å². The van der Waals surface area contributed by atoms with Gasteiger partial charge in [-0.2, -0.15) is 0 Å². The zero-order valence-electron chi connectivity index (χ0n) is 23.7. The van der Waals surface area contributed by atoms with Gasteiger partial charge in [-0.1, -0.05) is 12.1 Å². The Labute approximate surface area is 247 Å². The molecule has 3 aromatic heterocycles. The largest absolute Gasteiger partial charge is 0.451 e. The number of nitrogens with one attached hydrogen (secondary N) is 2. The summed E-state index contributed by atoms with van der Waals surface area (Å²) in [5, 5.41) is 0. The van der Waals surface area contributed by atoms with Crippen LogP contribution in [0.4, 0.5) is 10.2 Å². The van der Waals surface area contributed by atoms with Crippen LogP contribution in [-0.2, 0) is 6.54 Å². The molecule has 218 valence electrons. The van der Waals surface area contributed by atoms with Gasteiger partial charge in [-0.25, -0.2) is 19.2 Å². The van der Waals surface area contributed by atoms with Crippen LogP contribution in [0.25, 0.3) is 22.2 Å². The number of rotatable bonds is 7. The van der Waals surface area contributed by atoms with E-state index in [1.54, 1.807) is 24.8 Å². The van der Waals surface area contributed by atoms with E-state index in [4.69, 9.17) is 4.74 Å². The molecule has 43 heavy (non-hydrogen) atoms. The molecule has 0 radical (unpaired) electrons. The van der Waals surface area contributed by atoms with Crippen molar-refractivity contribution in [3.8, 4) is 22.6 Å². The monoisotopic (exact) mass is 577 g/mol. The molecule has 1 aliphatic carbocycles. The number of likely N-dealkylation sites (tertiary alicyclic amines) is 1. The van der Waals surface area contributed by atoms with Crippen molar-refractivity contribution in [3.05, 3.63) is 94.8 Å².